The molecular formula is C27H26N2O7S. The highest BCUT2D eigenvalue weighted by Gasteiger charge is 2.47. The summed E-state index contributed by atoms with van der Waals surface area (Å²) >= 11 is 0. The van der Waals surface area contributed by atoms with E-state index >= 15 is 0 Å². The number of aliphatic hydroxyl groups is 1. The lowest BCUT2D eigenvalue weighted by molar-refractivity contribution is -0.132. The summed E-state index contributed by atoms with van der Waals surface area (Å²) in [6.45, 7) is 3.78. The maximum absolute atomic E-state index is 13.3. The molecule has 0 radical (unpaired) electrons. The third-order valence-corrected chi connectivity index (χ3v) is 6.73. The first kappa shape index (κ1) is 25.9. The van der Waals surface area contributed by atoms with Gasteiger partial charge in [-0.15, -0.1) is 0 Å². The Morgan fingerprint density at radius 1 is 0.973 bits per heavy atom. The SMILES string of the molecule is COc1cccc(C2/C(=C(\O)c3ccc(OC(C)C)cc3)C(=O)C(=O)N2c2ccc(S(N)(=O)=O)cc2)c1. The highest BCUT2D eigenvalue weighted by molar-refractivity contribution is 7.89. The van der Waals surface area contributed by atoms with Crippen LogP contribution in [-0.2, 0) is 19.6 Å². The van der Waals surface area contributed by atoms with Crippen molar-refractivity contribution in [2.24, 2.45) is 5.14 Å². The molecule has 37 heavy (non-hydrogen) atoms. The zero-order valence-corrected chi connectivity index (χ0v) is 21.2. The molecule has 1 aliphatic heterocycles. The van der Waals surface area contributed by atoms with Gasteiger partial charge in [0.25, 0.3) is 11.7 Å². The lowest BCUT2D eigenvalue weighted by Gasteiger charge is -2.26. The summed E-state index contributed by atoms with van der Waals surface area (Å²) in [4.78, 5) is 27.7. The van der Waals surface area contributed by atoms with E-state index < -0.39 is 27.8 Å². The maximum Gasteiger partial charge on any atom is 0.300 e. The van der Waals surface area contributed by atoms with E-state index in [4.69, 9.17) is 14.6 Å². The fourth-order valence-electron chi connectivity index (χ4n) is 4.14. The average Bonchev–Trinajstić information content (AvgIpc) is 3.13. The number of sulfonamides is 1. The molecule has 9 nitrogen and oxygen atoms in total. The van der Waals surface area contributed by atoms with Crippen LogP contribution < -0.4 is 19.5 Å². The summed E-state index contributed by atoms with van der Waals surface area (Å²) in [6, 6.07) is 17.6. The van der Waals surface area contributed by atoms with Gasteiger partial charge < -0.3 is 14.6 Å². The van der Waals surface area contributed by atoms with Crippen LogP contribution in [-0.4, -0.2) is 38.4 Å². The summed E-state index contributed by atoms with van der Waals surface area (Å²) in [5.41, 5.74) is 0.968. The third kappa shape index (κ3) is 5.20. The lowest BCUT2D eigenvalue weighted by atomic mass is 9.95. The van der Waals surface area contributed by atoms with Gasteiger partial charge in [-0.05, 0) is 80.1 Å². The highest BCUT2D eigenvalue weighted by atomic mass is 32.2. The second-order valence-electron chi connectivity index (χ2n) is 8.68. The summed E-state index contributed by atoms with van der Waals surface area (Å²) in [7, 11) is -2.47. The number of rotatable bonds is 7. The molecule has 0 bridgehead atoms. The van der Waals surface area contributed by atoms with Gasteiger partial charge >= 0.3 is 0 Å². The van der Waals surface area contributed by atoms with Crippen molar-refractivity contribution in [3.05, 3.63) is 89.5 Å². The molecule has 10 heteroatoms. The standard InChI is InChI=1S/C27H26N2O7S/c1-16(2)36-20-11-7-17(8-12-20)25(30)23-24(18-5-4-6-21(15-18)35-3)29(27(32)26(23)31)19-9-13-22(14-10-19)37(28,33)34/h4-16,24,30H,1-3H3,(H2,28,33,34)/b25-23+. The average molecular weight is 523 g/mol. The first-order valence-electron chi connectivity index (χ1n) is 11.4. The fourth-order valence-corrected chi connectivity index (χ4v) is 4.66. The number of methoxy groups -OCH3 is 1. The molecule has 1 fully saturated rings. The van der Waals surface area contributed by atoms with Gasteiger partial charge in [0.15, 0.2) is 0 Å². The molecule has 1 saturated heterocycles. The van der Waals surface area contributed by atoms with E-state index in [0.717, 1.165) is 0 Å². The Hall–Kier alpha value is -4.15. The van der Waals surface area contributed by atoms with Gasteiger partial charge in [-0.2, -0.15) is 0 Å². The summed E-state index contributed by atoms with van der Waals surface area (Å²) in [5, 5.41) is 16.5. The smallest absolute Gasteiger partial charge is 0.300 e. The quantitative estimate of drug-likeness (QED) is 0.274. The second-order valence-corrected chi connectivity index (χ2v) is 10.2. The van der Waals surface area contributed by atoms with Crippen molar-refractivity contribution in [3.8, 4) is 11.5 Å². The topological polar surface area (TPSA) is 136 Å². The minimum atomic E-state index is -3.96. The third-order valence-electron chi connectivity index (χ3n) is 5.80. The summed E-state index contributed by atoms with van der Waals surface area (Å²) in [6.07, 6.45) is -0.0431. The predicted molar refractivity (Wildman–Crippen MR) is 138 cm³/mol. The number of nitrogens with two attached hydrogens (primary N) is 1. The van der Waals surface area contributed by atoms with Crippen LogP contribution >= 0.6 is 0 Å². The number of anilines is 1. The Bertz CT molecular complexity index is 1480. The van der Waals surface area contributed by atoms with Crippen molar-refractivity contribution in [1.29, 1.82) is 0 Å². The van der Waals surface area contributed by atoms with Crippen molar-refractivity contribution >= 4 is 33.2 Å². The van der Waals surface area contributed by atoms with Crippen LogP contribution in [0.1, 0.15) is 31.0 Å². The Labute approximate surface area is 214 Å². The van der Waals surface area contributed by atoms with E-state index in [0.29, 0.717) is 22.6 Å². The minimum absolute atomic E-state index is 0.0431. The molecule has 1 atom stereocenters. The summed E-state index contributed by atoms with van der Waals surface area (Å²) < 4.78 is 34.4. The lowest BCUT2D eigenvalue weighted by Crippen LogP contribution is -2.29. The van der Waals surface area contributed by atoms with Crippen LogP contribution in [0.2, 0.25) is 0 Å². The number of aliphatic hydroxyl groups excluding tert-OH is 1. The van der Waals surface area contributed by atoms with E-state index in [-0.39, 0.29) is 28.0 Å². The Kier molecular flexibility index (Phi) is 7.06. The second kappa shape index (κ2) is 10.1. The molecular weight excluding hydrogens is 496 g/mol. The highest BCUT2D eigenvalue weighted by Crippen LogP contribution is 2.43. The number of Topliss-reactive ketones (excluding diaryl/α,β-unsaturated/α-hetero) is 1. The van der Waals surface area contributed by atoms with Gasteiger partial charge in [-0.3, -0.25) is 14.5 Å². The van der Waals surface area contributed by atoms with Crippen molar-refractivity contribution in [2.75, 3.05) is 12.0 Å². The largest absolute Gasteiger partial charge is 0.507 e. The molecule has 0 spiro atoms. The molecule has 3 aromatic carbocycles. The van der Waals surface area contributed by atoms with Gasteiger partial charge in [0.1, 0.15) is 17.3 Å². The normalized spacial score (nSPS) is 17.3. The van der Waals surface area contributed by atoms with Gasteiger partial charge in [-0.25, -0.2) is 13.6 Å². The molecule has 1 amide bonds. The van der Waals surface area contributed by atoms with Crippen LogP contribution in [0.4, 0.5) is 5.69 Å². The molecule has 0 aliphatic carbocycles. The number of hydrogen-bond acceptors (Lipinski definition) is 7. The van der Waals surface area contributed by atoms with Gasteiger partial charge in [-0.1, -0.05) is 12.1 Å². The van der Waals surface area contributed by atoms with Crippen LogP contribution in [0.25, 0.3) is 5.76 Å². The van der Waals surface area contributed by atoms with Crippen molar-refractivity contribution < 1.29 is 32.6 Å². The van der Waals surface area contributed by atoms with Crippen molar-refractivity contribution in [2.45, 2.75) is 30.9 Å². The zero-order valence-electron chi connectivity index (χ0n) is 20.4. The van der Waals surface area contributed by atoms with Crippen molar-refractivity contribution in [1.82, 2.24) is 0 Å². The van der Waals surface area contributed by atoms with Crippen LogP contribution in [0.15, 0.2) is 83.3 Å². The fraction of sp³-hybridized carbons (Fsp3) is 0.185. The summed E-state index contributed by atoms with van der Waals surface area (Å²) in [5.74, 6) is -1.04. The number of carbonyl (C=O) groups is 2. The Balaban J connectivity index is 1.87. The van der Waals surface area contributed by atoms with E-state index in [1.807, 2.05) is 13.8 Å². The Morgan fingerprint density at radius 3 is 2.19 bits per heavy atom. The first-order valence-corrected chi connectivity index (χ1v) is 12.9. The molecule has 3 N–H and O–H groups in total. The minimum Gasteiger partial charge on any atom is -0.507 e. The number of hydrogen-bond donors (Lipinski definition) is 2. The van der Waals surface area contributed by atoms with Gasteiger partial charge in [0.2, 0.25) is 10.0 Å². The van der Waals surface area contributed by atoms with Crippen molar-refractivity contribution in [3.63, 3.8) is 0 Å². The molecule has 0 saturated carbocycles. The molecule has 1 heterocycles. The molecule has 192 valence electrons. The number of amides is 1. The molecule has 0 aromatic heterocycles. The molecule has 3 aromatic rings. The first-order chi connectivity index (χ1) is 17.5. The van der Waals surface area contributed by atoms with Gasteiger partial charge in [0.05, 0.1) is 29.7 Å². The number of carbonyl (C=O) groups excluding carboxylic acids is 2. The van der Waals surface area contributed by atoms with E-state index in [9.17, 15) is 23.1 Å². The van der Waals surface area contributed by atoms with E-state index in [1.54, 1.807) is 48.5 Å². The number of benzene rings is 3. The number of ketones is 1. The predicted octanol–water partition coefficient (Wildman–Crippen LogP) is 3.76. The molecule has 4 rings (SSSR count). The number of ether oxygens (including phenoxy) is 2. The Morgan fingerprint density at radius 2 is 1.62 bits per heavy atom. The monoisotopic (exact) mass is 522 g/mol. The maximum atomic E-state index is 13.3. The van der Waals surface area contributed by atoms with Crippen LogP contribution in [0.3, 0.4) is 0 Å². The van der Waals surface area contributed by atoms with Crippen LogP contribution in [0.5, 0.6) is 11.5 Å². The number of nitrogens with zero attached hydrogens (tertiary/aromatic N) is 1. The molecule has 1 unspecified atom stereocenters. The van der Waals surface area contributed by atoms with E-state index in [1.165, 1.54) is 36.3 Å². The molecule has 1 aliphatic rings. The van der Waals surface area contributed by atoms with Crippen LogP contribution in [0, 0.1) is 0 Å². The zero-order chi connectivity index (χ0) is 26.9. The van der Waals surface area contributed by atoms with E-state index in [2.05, 4.69) is 0 Å². The number of primary sulfonamides is 1. The van der Waals surface area contributed by atoms with Gasteiger partial charge in [0, 0.05) is 11.3 Å².